The molecular weight excluding hydrogens is 345 g/mol. The average molecular weight is 357 g/mol. The molecule has 1 atom stereocenters. The van der Waals surface area contributed by atoms with Crippen LogP contribution in [0.4, 0.5) is 0 Å². The number of halogens is 1. The molecule has 1 unspecified atom stereocenters. The molecule has 4 nitrogen and oxygen atoms in total. The predicted molar refractivity (Wildman–Crippen MR) is 74.9 cm³/mol. The van der Waals surface area contributed by atoms with E-state index in [1.165, 1.54) is 4.08 Å². The number of aliphatic hydroxyl groups is 1. The van der Waals surface area contributed by atoms with Gasteiger partial charge < -0.3 is 9.84 Å². The zero-order valence-electron chi connectivity index (χ0n) is 9.76. The summed E-state index contributed by atoms with van der Waals surface area (Å²) in [4.78, 5) is 11.6. The molecular formula is C13H12INO3. The monoisotopic (exact) mass is 357 g/mol. The fourth-order valence-electron chi connectivity index (χ4n) is 1.35. The van der Waals surface area contributed by atoms with Crippen LogP contribution in [-0.4, -0.2) is 17.7 Å². The molecule has 5 heteroatoms. The molecule has 0 saturated carbocycles. The first-order valence-corrected chi connectivity index (χ1v) is 6.54. The molecule has 0 amide bonds. The summed E-state index contributed by atoms with van der Waals surface area (Å²) in [6, 6.07) is 8.40. The number of nitrogens with zero attached hydrogens (tertiary/aromatic N) is 1. The molecule has 0 aliphatic rings. The minimum Gasteiger partial charge on any atom is -0.463 e. The van der Waals surface area contributed by atoms with Crippen LogP contribution in [0.5, 0.6) is 0 Å². The van der Waals surface area contributed by atoms with Crippen LogP contribution in [0.1, 0.15) is 24.2 Å². The SMILES string of the molecule is CCOC(=O)/C(=C/I)C(O)c1ccc(C#N)cc1. The molecule has 0 aromatic heterocycles. The lowest BCUT2D eigenvalue weighted by Crippen LogP contribution is -2.14. The number of carbonyl (C=O) groups excluding carboxylic acids is 1. The Morgan fingerprint density at radius 3 is 2.61 bits per heavy atom. The van der Waals surface area contributed by atoms with E-state index in [2.05, 4.69) is 0 Å². The number of benzene rings is 1. The third-order valence-corrected chi connectivity index (χ3v) is 2.95. The Morgan fingerprint density at radius 2 is 2.17 bits per heavy atom. The van der Waals surface area contributed by atoms with Crippen LogP contribution in [0.2, 0.25) is 0 Å². The lowest BCUT2D eigenvalue weighted by atomic mass is 10.0. The number of nitriles is 1. The zero-order valence-corrected chi connectivity index (χ0v) is 11.9. The highest BCUT2D eigenvalue weighted by molar-refractivity contribution is 14.1. The normalized spacial score (nSPS) is 12.7. The maximum atomic E-state index is 11.6. The summed E-state index contributed by atoms with van der Waals surface area (Å²) in [7, 11) is 0. The molecule has 0 bridgehead atoms. The molecule has 0 heterocycles. The molecule has 1 aromatic carbocycles. The van der Waals surface area contributed by atoms with Crippen molar-refractivity contribution in [1.82, 2.24) is 0 Å². The van der Waals surface area contributed by atoms with E-state index < -0.39 is 12.1 Å². The number of hydrogen-bond acceptors (Lipinski definition) is 4. The standard InChI is InChI=1S/C13H12INO3/c1-2-18-13(17)11(7-14)12(16)10-5-3-9(8-15)4-6-10/h3-7,12,16H,2H2,1H3/b11-7+. The van der Waals surface area contributed by atoms with Crippen molar-refractivity contribution in [2.75, 3.05) is 6.61 Å². The minimum absolute atomic E-state index is 0.183. The molecule has 18 heavy (non-hydrogen) atoms. The van der Waals surface area contributed by atoms with Crippen LogP contribution in [0.3, 0.4) is 0 Å². The van der Waals surface area contributed by atoms with E-state index in [0.29, 0.717) is 11.1 Å². The van der Waals surface area contributed by atoms with Crippen molar-refractivity contribution < 1.29 is 14.6 Å². The highest BCUT2D eigenvalue weighted by Crippen LogP contribution is 2.24. The molecule has 1 N–H and O–H groups in total. The Morgan fingerprint density at radius 1 is 1.56 bits per heavy atom. The van der Waals surface area contributed by atoms with Crippen LogP contribution in [-0.2, 0) is 9.53 Å². The van der Waals surface area contributed by atoms with Crippen LogP contribution in [0, 0.1) is 11.3 Å². The number of aliphatic hydroxyl groups excluding tert-OH is 1. The van der Waals surface area contributed by atoms with Crippen molar-refractivity contribution in [3.63, 3.8) is 0 Å². The first-order valence-electron chi connectivity index (χ1n) is 5.29. The summed E-state index contributed by atoms with van der Waals surface area (Å²) in [5.74, 6) is -0.538. The van der Waals surface area contributed by atoms with Gasteiger partial charge in [0.25, 0.3) is 0 Å². The third kappa shape index (κ3) is 3.55. The van der Waals surface area contributed by atoms with Crippen LogP contribution < -0.4 is 0 Å². The van der Waals surface area contributed by atoms with Gasteiger partial charge in [0.05, 0.1) is 23.8 Å². The van der Waals surface area contributed by atoms with E-state index in [4.69, 9.17) is 10.00 Å². The van der Waals surface area contributed by atoms with Crippen molar-refractivity contribution >= 4 is 28.6 Å². The topological polar surface area (TPSA) is 70.3 Å². The molecule has 0 spiro atoms. The Bertz CT molecular complexity index is 488. The summed E-state index contributed by atoms with van der Waals surface area (Å²) in [5.41, 5.74) is 1.23. The molecule has 0 aliphatic heterocycles. The first-order chi connectivity index (χ1) is 8.63. The second-order valence-electron chi connectivity index (χ2n) is 3.42. The van der Waals surface area contributed by atoms with Crippen LogP contribution in [0.25, 0.3) is 0 Å². The Kier molecular flexibility index (Phi) is 5.82. The highest BCUT2D eigenvalue weighted by atomic mass is 127. The van der Waals surface area contributed by atoms with Gasteiger partial charge in [-0.15, -0.1) is 0 Å². The molecule has 1 rings (SSSR count). The van der Waals surface area contributed by atoms with Gasteiger partial charge in [-0.3, -0.25) is 0 Å². The lowest BCUT2D eigenvalue weighted by molar-refractivity contribution is -0.139. The first kappa shape index (κ1) is 14.7. The number of carbonyl (C=O) groups is 1. The molecule has 94 valence electrons. The van der Waals surface area contributed by atoms with E-state index in [9.17, 15) is 9.90 Å². The maximum absolute atomic E-state index is 11.6. The minimum atomic E-state index is -1.05. The van der Waals surface area contributed by atoms with E-state index in [1.807, 2.05) is 28.7 Å². The largest absolute Gasteiger partial charge is 0.463 e. The summed E-state index contributed by atoms with van der Waals surface area (Å²) in [6.45, 7) is 1.96. The molecule has 0 aliphatic carbocycles. The van der Waals surface area contributed by atoms with E-state index in [0.717, 1.165) is 0 Å². The van der Waals surface area contributed by atoms with E-state index in [1.54, 1.807) is 31.2 Å². The summed E-state index contributed by atoms with van der Waals surface area (Å²) in [5, 5.41) is 18.8. The fourth-order valence-corrected chi connectivity index (χ4v) is 1.94. The van der Waals surface area contributed by atoms with E-state index in [-0.39, 0.29) is 12.2 Å². The number of rotatable bonds is 4. The van der Waals surface area contributed by atoms with Crippen molar-refractivity contribution in [2.24, 2.45) is 0 Å². The fraction of sp³-hybridized carbons (Fsp3) is 0.231. The summed E-state index contributed by atoms with van der Waals surface area (Å²) < 4.78 is 6.36. The van der Waals surface area contributed by atoms with Crippen molar-refractivity contribution in [3.8, 4) is 6.07 Å². The van der Waals surface area contributed by atoms with Gasteiger partial charge in [0.15, 0.2) is 0 Å². The van der Waals surface area contributed by atoms with Crippen molar-refractivity contribution in [2.45, 2.75) is 13.0 Å². The van der Waals surface area contributed by atoms with Crippen LogP contribution in [0.15, 0.2) is 33.9 Å². The highest BCUT2D eigenvalue weighted by Gasteiger charge is 2.21. The zero-order chi connectivity index (χ0) is 13.5. The van der Waals surface area contributed by atoms with Crippen LogP contribution >= 0.6 is 22.6 Å². The van der Waals surface area contributed by atoms with Crippen molar-refractivity contribution in [1.29, 1.82) is 5.26 Å². The van der Waals surface area contributed by atoms with Gasteiger partial charge in [-0.2, -0.15) is 5.26 Å². The molecule has 0 fully saturated rings. The Labute approximate surface area is 119 Å². The second kappa shape index (κ2) is 7.13. The second-order valence-corrected chi connectivity index (χ2v) is 4.04. The Balaban J connectivity index is 2.94. The Hall–Kier alpha value is -1.39. The number of esters is 1. The molecule has 1 aromatic rings. The number of ether oxygens (including phenoxy) is 1. The summed E-state index contributed by atoms with van der Waals surface area (Å²) in [6.07, 6.45) is -1.05. The van der Waals surface area contributed by atoms with E-state index >= 15 is 0 Å². The average Bonchev–Trinajstić information content (AvgIpc) is 2.40. The third-order valence-electron chi connectivity index (χ3n) is 2.28. The van der Waals surface area contributed by atoms with Gasteiger partial charge in [-0.1, -0.05) is 34.7 Å². The molecule has 0 saturated heterocycles. The quantitative estimate of drug-likeness (QED) is 0.511. The van der Waals surface area contributed by atoms with Gasteiger partial charge in [-0.25, -0.2) is 4.79 Å². The lowest BCUT2D eigenvalue weighted by Gasteiger charge is -2.13. The number of hydrogen-bond donors (Lipinski definition) is 1. The van der Waals surface area contributed by atoms with Gasteiger partial charge in [0.2, 0.25) is 0 Å². The predicted octanol–water partition coefficient (Wildman–Crippen LogP) is 2.47. The smallest absolute Gasteiger partial charge is 0.337 e. The summed E-state index contributed by atoms with van der Waals surface area (Å²) >= 11 is 1.89. The van der Waals surface area contributed by atoms with Gasteiger partial charge in [0, 0.05) is 0 Å². The van der Waals surface area contributed by atoms with Crippen molar-refractivity contribution in [3.05, 3.63) is 45.0 Å². The van der Waals surface area contributed by atoms with Gasteiger partial charge >= 0.3 is 5.97 Å². The van der Waals surface area contributed by atoms with Gasteiger partial charge in [-0.05, 0) is 28.7 Å². The maximum Gasteiger partial charge on any atom is 0.337 e. The molecule has 0 radical (unpaired) electrons. The van der Waals surface area contributed by atoms with Gasteiger partial charge in [0.1, 0.15) is 6.10 Å².